The molecule has 104 valence electrons. The molecular formula is C16H14N4S. The number of aryl methyl sites for hydroxylation is 1. The largest absolute Gasteiger partial charge is 0.399 e. The van der Waals surface area contributed by atoms with Crippen molar-refractivity contribution in [2.24, 2.45) is 0 Å². The van der Waals surface area contributed by atoms with Gasteiger partial charge in [0.05, 0.1) is 16.8 Å². The molecule has 0 radical (unpaired) electrons. The van der Waals surface area contributed by atoms with E-state index in [0.717, 1.165) is 32.7 Å². The molecule has 0 aliphatic rings. The summed E-state index contributed by atoms with van der Waals surface area (Å²) >= 11 is 1.51. The highest BCUT2D eigenvalue weighted by molar-refractivity contribution is 8.00. The summed E-state index contributed by atoms with van der Waals surface area (Å²) in [5.74, 6) is 0. The number of hydrogen-bond acceptors (Lipinski definition) is 4. The van der Waals surface area contributed by atoms with Crippen molar-refractivity contribution in [2.45, 2.75) is 11.8 Å². The first-order valence-electron chi connectivity index (χ1n) is 6.48. The molecule has 0 amide bonds. The third-order valence-electron chi connectivity index (χ3n) is 3.32. The molecule has 5 heteroatoms. The zero-order valence-corrected chi connectivity index (χ0v) is 12.3. The van der Waals surface area contributed by atoms with Crippen molar-refractivity contribution in [3.63, 3.8) is 0 Å². The fourth-order valence-corrected chi connectivity index (χ4v) is 2.91. The first-order chi connectivity index (χ1) is 10.2. The van der Waals surface area contributed by atoms with E-state index >= 15 is 0 Å². The number of aromatic nitrogens is 1. The summed E-state index contributed by atoms with van der Waals surface area (Å²) in [6, 6.07) is 13.9. The molecule has 0 bridgehead atoms. The second-order valence-corrected chi connectivity index (χ2v) is 5.65. The number of nitrogens with one attached hydrogen (secondary N) is 2. The lowest BCUT2D eigenvalue weighted by Gasteiger charge is -2.08. The molecule has 2 aromatic carbocycles. The molecule has 1 aromatic heterocycles. The molecule has 21 heavy (non-hydrogen) atoms. The minimum absolute atomic E-state index is 0.670. The number of anilines is 2. The minimum Gasteiger partial charge on any atom is -0.399 e. The Kier molecular flexibility index (Phi) is 3.46. The Morgan fingerprint density at radius 2 is 1.95 bits per heavy atom. The van der Waals surface area contributed by atoms with Crippen LogP contribution in [0.25, 0.3) is 10.9 Å². The van der Waals surface area contributed by atoms with E-state index in [0.29, 0.717) is 5.56 Å². The number of nitrogen functional groups attached to an aromatic ring is 1. The van der Waals surface area contributed by atoms with Crippen molar-refractivity contribution in [1.29, 1.82) is 5.26 Å². The lowest BCUT2D eigenvalue weighted by atomic mass is 10.1. The normalized spacial score (nSPS) is 10.5. The summed E-state index contributed by atoms with van der Waals surface area (Å²) in [6.45, 7) is 2.01. The summed E-state index contributed by atoms with van der Waals surface area (Å²) in [4.78, 5) is 4.25. The van der Waals surface area contributed by atoms with Gasteiger partial charge in [0.25, 0.3) is 0 Å². The predicted octanol–water partition coefficient (Wildman–Crippen LogP) is 4.05. The lowest BCUT2D eigenvalue weighted by Crippen LogP contribution is -1.90. The van der Waals surface area contributed by atoms with Crippen LogP contribution in [0.3, 0.4) is 0 Å². The van der Waals surface area contributed by atoms with E-state index in [9.17, 15) is 0 Å². The lowest BCUT2D eigenvalue weighted by molar-refractivity contribution is 1.44. The number of fused-ring (bicyclic) bond motifs is 1. The quantitative estimate of drug-likeness (QED) is 0.503. The van der Waals surface area contributed by atoms with Gasteiger partial charge < -0.3 is 15.4 Å². The van der Waals surface area contributed by atoms with E-state index < -0.39 is 0 Å². The molecule has 4 N–H and O–H groups in total. The van der Waals surface area contributed by atoms with Crippen LogP contribution in [0.1, 0.15) is 11.1 Å². The fourth-order valence-electron chi connectivity index (χ4n) is 2.24. The average molecular weight is 294 g/mol. The van der Waals surface area contributed by atoms with Gasteiger partial charge in [-0.05, 0) is 54.8 Å². The van der Waals surface area contributed by atoms with Crippen molar-refractivity contribution in [2.75, 3.05) is 10.5 Å². The van der Waals surface area contributed by atoms with Gasteiger partial charge in [0.2, 0.25) is 0 Å². The molecule has 0 saturated carbocycles. The predicted molar refractivity (Wildman–Crippen MR) is 88.1 cm³/mol. The second-order valence-electron chi connectivity index (χ2n) is 4.77. The Morgan fingerprint density at radius 1 is 1.19 bits per heavy atom. The number of hydrogen-bond donors (Lipinski definition) is 3. The molecule has 0 atom stereocenters. The van der Waals surface area contributed by atoms with Gasteiger partial charge in [0, 0.05) is 22.2 Å². The Hall–Kier alpha value is -2.58. The number of nitriles is 1. The Labute approximate surface area is 127 Å². The number of rotatable bonds is 3. The van der Waals surface area contributed by atoms with Crippen molar-refractivity contribution in [1.82, 2.24) is 4.98 Å². The van der Waals surface area contributed by atoms with Crippen LogP contribution in [0.2, 0.25) is 0 Å². The van der Waals surface area contributed by atoms with E-state index in [1.54, 1.807) is 6.20 Å². The van der Waals surface area contributed by atoms with Gasteiger partial charge in [-0.1, -0.05) is 6.07 Å². The summed E-state index contributed by atoms with van der Waals surface area (Å²) in [6.07, 6.45) is 1.75. The molecule has 1 heterocycles. The van der Waals surface area contributed by atoms with E-state index in [1.165, 1.54) is 11.9 Å². The number of nitrogens with two attached hydrogens (primary N) is 1. The second kappa shape index (κ2) is 5.43. The van der Waals surface area contributed by atoms with Gasteiger partial charge in [0.1, 0.15) is 6.07 Å². The van der Waals surface area contributed by atoms with Gasteiger partial charge in [-0.3, -0.25) is 0 Å². The summed E-state index contributed by atoms with van der Waals surface area (Å²) < 4.78 is 3.32. The van der Waals surface area contributed by atoms with E-state index in [1.807, 2.05) is 43.3 Å². The van der Waals surface area contributed by atoms with Gasteiger partial charge >= 0.3 is 0 Å². The van der Waals surface area contributed by atoms with Crippen molar-refractivity contribution in [3.05, 3.63) is 53.7 Å². The zero-order valence-electron chi connectivity index (χ0n) is 11.5. The van der Waals surface area contributed by atoms with E-state index in [-0.39, 0.29) is 0 Å². The average Bonchev–Trinajstić information content (AvgIpc) is 2.93. The number of benzene rings is 2. The highest BCUT2D eigenvalue weighted by atomic mass is 32.2. The number of aromatic amines is 1. The van der Waals surface area contributed by atoms with Crippen molar-refractivity contribution < 1.29 is 0 Å². The summed E-state index contributed by atoms with van der Waals surface area (Å²) in [7, 11) is 0. The molecule has 4 nitrogen and oxygen atoms in total. The first kappa shape index (κ1) is 13.4. The smallest absolute Gasteiger partial charge is 0.101 e. The van der Waals surface area contributed by atoms with Gasteiger partial charge in [-0.25, -0.2) is 0 Å². The van der Waals surface area contributed by atoms with Crippen LogP contribution in [0, 0.1) is 18.3 Å². The maximum absolute atomic E-state index is 9.17. The first-order valence-corrected chi connectivity index (χ1v) is 7.30. The molecule has 3 aromatic rings. The van der Waals surface area contributed by atoms with Crippen LogP contribution in [0.15, 0.2) is 47.5 Å². The topological polar surface area (TPSA) is 77.6 Å². The maximum Gasteiger partial charge on any atom is 0.101 e. The fraction of sp³-hybridized carbons (Fsp3) is 0.0625. The van der Waals surface area contributed by atoms with Gasteiger partial charge in [0.15, 0.2) is 0 Å². The molecular weight excluding hydrogens is 280 g/mol. The summed E-state index contributed by atoms with van der Waals surface area (Å²) in [5.41, 5.74) is 10.1. The van der Waals surface area contributed by atoms with Crippen LogP contribution in [0.5, 0.6) is 0 Å². The SMILES string of the molecule is Cc1ccc(NSc2ccc(N)cc2)c2[nH]cc(C#N)c12. The Morgan fingerprint density at radius 3 is 2.67 bits per heavy atom. The van der Waals surface area contributed by atoms with Crippen LogP contribution < -0.4 is 10.5 Å². The highest BCUT2D eigenvalue weighted by Crippen LogP contribution is 2.31. The van der Waals surface area contributed by atoms with Crippen LogP contribution in [-0.2, 0) is 0 Å². The molecule has 0 unspecified atom stereocenters. The molecule has 0 aliphatic heterocycles. The third-order valence-corrected chi connectivity index (χ3v) is 4.15. The Bertz CT molecular complexity index is 828. The van der Waals surface area contributed by atoms with E-state index in [2.05, 4.69) is 15.8 Å². The summed E-state index contributed by atoms with van der Waals surface area (Å²) in [5, 5.41) is 10.1. The number of nitrogens with zero attached hydrogens (tertiary/aromatic N) is 1. The maximum atomic E-state index is 9.17. The van der Waals surface area contributed by atoms with Gasteiger partial charge in [-0.2, -0.15) is 5.26 Å². The standard InChI is InChI=1S/C16H14N4S/c1-10-2-7-14(16-15(10)11(8-17)9-19-16)20-21-13-5-3-12(18)4-6-13/h2-7,9,19-20H,18H2,1H3. The van der Waals surface area contributed by atoms with Crippen molar-refractivity contribution in [3.8, 4) is 6.07 Å². The van der Waals surface area contributed by atoms with Crippen molar-refractivity contribution >= 4 is 34.2 Å². The number of H-pyrrole nitrogens is 1. The molecule has 0 fully saturated rings. The molecule has 0 spiro atoms. The minimum atomic E-state index is 0.670. The molecule has 0 saturated heterocycles. The van der Waals surface area contributed by atoms with E-state index in [4.69, 9.17) is 11.0 Å². The van der Waals surface area contributed by atoms with Crippen LogP contribution in [0.4, 0.5) is 11.4 Å². The van der Waals surface area contributed by atoms with Gasteiger partial charge in [-0.15, -0.1) is 0 Å². The molecule has 3 rings (SSSR count). The van der Waals surface area contributed by atoms with Crippen LogP contribution in [-0.4, -0.2) is 4.98 Å². The molecule has 0 aliphatic carbocycles. The Balaban J connectivity index is 1.91. The monoisotopic (exact) mass is 294 g/mol. The highest BCUT2D eigenvalue weighted by Gasteiger charge is 2.10. The zero-order chi connectivity index (χ0) is 14.8. The third kappa shape index (κ3) is 2.54. The van der Waals surface area contributed by atoms with Crippen LogP contribution >= 0.6 is 11.9 Å².